The molecule has 0 aliphatic carbocycles. The molecule has 2 atom stereocenters. The Morgan fingerprint density at radius 2 is 1.91 bits per heavy atom. The van der Waals surface area contributed by atoms with Gasteiger partial charge in [-0.3, -0.25) is 4.79 Å². The molecule has 2 aromatic heterocycles. The highest BCUT2D eigenvalue weighted by atomic mass is 19.3. The van der Waals surface area contributed by atoms with E-state index in [1.807, 2.05) is 6.92 Å². The number of anilines is 1. The summed E-state index contributed by atoms with van der Waals surface area (Å²) < 4.78 is 43.0. The van der Waals surface area contributed by atoms with E-state index in [1.54, 1.807) is 19.3 Å². The van der Waals surface area contributed by atoms with Crippen molar-refractivity contribution in [1.82, 2.24) is 29.9 Å². The molecule has 1 amide bonds. The minimum absolute atomic E-state index is 0.0947. The monoisotopic (exact) mass is 445 g/mol. The standard InChI is InChI=1S/C21H22F3N7O/c1-13-9-25-20(26-10-13)27-11-18-14(2)8-21(23,24)12-30(18)19(32)16-7-15(22)3-4-17(16)31-28-5-6-29-31/h3-7,9-10,14,18H,8,11-12H2,1-2H3,(H,25,26,27)/t14-,18?/m1/s1. The van der Waals surface area contributed by atoms with Crippen LogP contribution in [0.4, 0.5) is 19.1 Å². The topological polar surface area (TPSA) is 88.8 Å². The molecule has 1 aliphatic heterocycles. The lowest BCUT2D eigenvalue weighted by Crippen LogP contribution is -2.57. The lowest BCUT2D eigenvalue weighted by atomic mass is 9.87. The summed E-state index contributed by atoms with van der Waals surface area (Å²) in [5.41, 5.74) is 0.989. The molecule has 3 heterocycles. The summed E-state index contributed by atoms with van der Waals surface area (Å²) in [7, 11) is 0. The van der Waals surface area contributed by atoms with E-state index >= 15 is 0 Å². The molecular formula is C21H22F3N7O. The Morgan fingerprint density at radius 1 is 1.22 bits per heavy atom. The molecule has 1 fully saturated rings. The molecule has 1 N–H and O–H groups in total. The lowest BCUT2D eigenvalue weighted by molar-refractivity contribution is -0.0897. The fraction of sp³-hybridized carbons (Fsp3) is 0.381. The number of carbonyl (C=O) groups is 1. The summed E-state index contributed by atoms with van der Waals surface area (Å²) in [5.74, 6) is -4.65. The Labute approximate surface area is 182 Å². The molecule has 0 bridgehead atoms. The van der Waals surface area contributed by atoms with Crippen molar-refractivity contribution in [2.75, 3.05) is 18.4 Å². The first-order valence-corrected chi connectivity index (χ1v) is 10.1. The van der Waals surface area contributed by atoms with Crippen molar-refractivity contribution in [2.45, 2.75) is 32.2 Å². The van der Waals surface area contributed by atoms with E-state index in [4.69, 9.17) is 0 Å². The van der Waals surface area contributed by atoms with Gasteiger partial charge in [0.2, 0.25) is 5.95 Å². The highest BCUT2D eigenvalue weighted by molar-refractivity contribution is 5.98. The number of hydrogen-bond acceptors (Lipinski definition) is 6. The van der Waals surface area contributed by atoms with Crippen LogP contribution in [0.25, 0.3) is 5.69 Å². The zero-order valence-corrected chi connectivity index (χ0v) is 17.5. The second-order valence-electron chi connectivity index (χ2n) is 7.98. The largest absolute Gasteiger partial charge is 0.352 e. The summed E-state index contributed by atoms with van der Waals surface area (Å²) in [4.78, 5) is 24.0. The highest BCUT2D eigenvalue weighted by Gasteiger charge is 2.46. The average Bonchev–Trinajstić information content (AvgIpc) is 3.27. The van der Waals surface area contributed by atoms with E-state index in [1.165, 1.54) is 18.5 Å². The third-order valence-corrected chi connectivity index (χ3v) is 5.41. The quantitative estimate of drug-likeness (QED) is 0.649. The van der Waals surface area contributed by atoms with Crippen LogP contribution in [0.2, 0.25) is 0 Å². The van der Waals surface area contributed by atoms with Gasteiger partial charge in [-0.25, -0.2) is 23.1 Å². The maximum absolute atomic E-state index is 14.5. The van der Waals surface area contributed by atoms with Gasteiger partial charge in [0.15, 0.2) is 0 Å². The van der Waals surface area contributed by atoms with Crippen LogP contribution in [0.1, 0.15) is 29.3 Å². The number of likely N-dealkylation sites (tertiary alicyclic amines) is 1. The van der Waals surface area contributed by atoms with Gasteiger partial charge < -0.3 is 10.2 Å². The molecule has 3 aromatic rings. The van der Waals surface area contributed by atoms with Crippen LogP contribution in [-0.4, -0.2) is 60.8 Å². The predicted octanol–water partition coefficient (Wildman–Crippen LogP) is 3.10. The summed E-state index contributed by atoms with van der Waals surface area (Å²) in [6.45, 7) is 2.90. The molecule has 1 unspecified atom stereocenters. The molecule has 1 aliphatic rings. The number of halogens is 3. The Bertz CT molecular complexity index is 1090. The minimum Gasteiger partial charge on any atom is -0.352 e. The normalized spacial score (nSPS) is 20.2. The van der Waals surface area contributed by atoms with Gasteiger partial charge in [0, 0.05) is 25.4 Å². The highest BCUT2D eigenvalue weighted by Crippen LogP contribution is 2.35. The molecule has 0 saturated carbocycles. The van der Waals surface area contributed by atoms with Crippen LogP contribution in [0.15, 0.2) is 43.0 Å². The number of aromatic nitrogens is 5. The molecule has 168 valence electrons. The zero-order valence-electron chi connectivity index (χ0n) is 17.5. The van der Waals surface area contributed by atoms with E-state index in [0.29, 0.717) is 5.95 Å². The summed E-state index contributed by atoms with van der Waals surface area (Å²) >= 11 is 0. The number of amides is 1. The Morgan fingerprint density at radius 3 is 2.59 bits per heavy atom. The van der Waals surface area contributed by atoms with Crippen LogP contribution < -0.4 is 5.32 Å². The van der Waals surface area contributed by atoms with Gasteiger partial charge in [0.1, 0.15) is 5.82 Å². The fourth-order valence-corrected chi connectivity index (χ4v) is 3.91. The van der Waals surface area contributed by atoms with Crippen LogP contribution in [0.3, 0.4) is 0 Å². The van der Waals surface area contributed by atoms with Crippen molar-refractivity contribution < 1.29 is 18.0 Å². The molecule has 1 aromatic carbocycles. The van der Waals surface area contributed by atoms with Crippen molar-refractivity contribution in [1.29, 1.82) is 0 Å². The number of nitrogens with one attached hydrogen (secondary N) is 1. The van der Waals surface area contributed by atoms with Gasteiger partial charge in [-0.05, 0) is 36.6 Å². The smallest absolute Gasteiger partial charge is 0.265 e. The number of alkyl halides is 2. The van der Waals surface area contributed by atoms with Gasteiger partial charge in [0.25, 0.3) is 11.8 Å². The molecule has 11 heteroatoms. The first-order chi connectivity index (χ1) is 15.2. The summed E-state index contributed by atoms with van der Waals surface area (Å²) in [5, 5.41) is 11.0. The zero-order chi connectivity index (χ0) is 22.9. The van der Waals surface area contributed by atoms with E-state index < -0.39 is 36.2 Å². The number of hydrogen-bond donors (Lipinski definition) is 1. The van der Waals surface area contributed by atoms with E-state index in [9.17, 15) is 18.0 Å². The number of rotatable bonds is 5. The first-order valence-electron chi connectivity index (χ1n) is 10.1. The summed E-state index contributed by atoms with van der Waals surface area (Å²) in [6, 6.07) is 2.94. The van der Waals surface area contributed by atoms with E-state index in [-0.39, 0.29) is 24.2 Å². The molecule has 0 spiro atoms. The third-order valence-electron chi connectivity index (χ3n) is 5.41. The van der Waals surface area contributed by atoms with Crippen molar-refractivity contribution in [3.8, 4) is 5.69 Å². The van der Waals surface area contributed by atoms with Gasteiger partial charge in [0.05, 0.1) is 36.2 Å². The lowest BCUT2D eigenvalue weighted by Gasteiger charge is -2.43. The molecule has 32 heavy (non-hydrogen) atoms. The molecule has 0 radical (unpaired) electrons. The van der Waals surface area contributed by atoms with Gasteiger partial charge in [-0.15, -0.1) is 0 Å². The Balaban J connectivity index is 1.65. The Kier molecular flexibility index (Phi) is 5.81. The third kappa shape index (κ3) is 4.56. The summed E-state index contributed by atoms with van der Waals surface area (Å²) in [6.07, 6.45) is 5.71. The van der Waals surface area contributed by atoms with Gasteiger partial charge in [-0.2, -0.15) is 15.0 Å². The van der Waals surface area contributed by atoms with Gasteiger partial charge >= 0.3 is 0 Å². The van der Waals surface area contributed by atoms with Crippen molar-refractivity contribution >= 4 is 11.9 Å². The minimum atomic E-state index is -3.07. The SMILES string of the molecule is Cc1cnc(NCC2[C@H](C)CC(F)(F)CN2C(=O)c2cc(F)ccc2-n2nccn2)nc1. The first kappa shape index (κ1) is 21.7. The molecule has 4 rings (SSSR count). The van der Waals surface area contributed by atoms with Crippen LogP contribution in [-0.2, 0) is 0 Å². The molecule has 8 nitrogen and oxygen atoms in total. The molecular weight excluding hydrogens is 423 g/mol. The number of benzene rings is 1. The second-order valence-corrected chi connectivity index (χ2v) is 7.98. The van der Waals surface area contributed by atoms with Crippen LogP contribution in [0, 0.1) is 18.7 Å². The second kappa shape index (κ2) is 8.56. The maximum Gasteiger partial charge on any atom is 0.265 e. The number of aryl methyl sites for hydroxylation is 1. The predicted molar refractivity (Wildman–Crippen MR) is 110 cm³/mol. The molecule has 1 saturated heterocycles. The number of piperidine rings is 1. The number of nitrogens with zero attached hydrogens (tertiary/aromatic N) is 6. The van der Waals surface area contributed by atoms with Crippen molar-refractivity contribution in [2.24, 2.45) is 5.92 Å². The Hall–Kier alpha value is -3.50. The van der Waals surface area contributed by atoms with Crippen molar-refractivity contribution in [3.05, 3.63) is 59.9 Å². The van der Waals surface area contributed by atoms with E-state index in [0.717, 1.165) is 27.4 Å². The van der Waals surface area contributed by atoms with Crippen molar-refractivity contribution in [3.63, 3.8) is 0 Å². The average molecular weight is 445 g/mol. The fourth-order valence-electron chi connectivity index (χ4n) is 3.91. The maximum atomic E-state index is 14.5. The van der Waals surface area contributed by atoms with Gasteiger partial charge in [-0.1, -0.05) is 6.92 Å². The van der Waals surface area contributed by atoms with E-state index in [2.05, 4.69) is 25.5 Å². The number of carbonyl (C=O) groups excluding carboxylic acids is 1. The van der Waals surface area contributed by atoms with Crippen LogP contribution >= 0.6 is 0 Å². The van der Waals surface area contributed by atoms with Crippen LogP contribution in [0.5, 0.6) is 0 Å².